The van der Waals surface area contributed by atoms with Gasteiger partial charge in [-0.3, -0.25) is 10.1 Å². The van der Waals surface area contributed by atoms with Gasteiger partial charge in [0.1, 0.15) is 12.1 Å². The number of unbranched alkanes of at least 4 members (excludes halogenated alkanes) is 1. The predicted molar refractivity (Wildman–Crippen MR) is 123 cm³/mol. The van der Waals surface area contributed by atoms with Crippen molar-refractivity contribution >= 4 is 28.7 Å². The first-order chi connectivity index (χ1) is 15.0. The summed E-state index contributed by atoms with van der Waals surface area (Å²) < 4.78 is 5.65. The minimum atomic E-state index is -0.491. The van der Waals surface area contributed by atoms with Crippen LogP contribution in [-0.4, -0.2) is 21.5 Å². The van der Waals surface area contributed by atoms with E-state index < -0.39 is 4.92 Å². The summed E-state index contributed by atoms with van der Waals surface area (Å²) in [5, 5.41) is 17.8. The smallest absolute Gasteiger partial charge is 0.353 e. The van der Waals surface area contributed by atoms with Gasteiger partial charge in [0.2, 0.25) is 11.6 Å². The maximum Gasteiger partial charge on any atom is 0.353 e. The molecular formula is C23H27N5O3. The van der Waals surface area contributed by atoms with E-state index in [4.69, 9.17) is 4.74 Å². The number of aromatic nitrogens is 2. The third-order valence-corrected chi connectivity index (χ3v) is 4.73. The zero-order valence-corrected chi connectivity index (χ0v) is 18.0. The minimum Gasteiger partial charge on any atom is -0.494 e. The fraction of sp³-hybridized carbons (Fsp3) is 0.304. The Morgan fingerprint density at radius 2 is 1.52 bits per heavy atom. The molecule has 8 nitrogen and oxygen atoms in total. The molecule has 0 saturated heterocycles. The molecule has 162 valence electrons. The van der Waals surface area contributed by atoms with Crippen molar-refractivity contribution < 1.29 is 9.66 Å². The van der Waals surface area contributed by atoms with E-state index in [0.717, 1.165) is 18.6 Å². The van der Waals surface area contributed by atoms with E-state index in [0.29, 0.717) is 23.9 Å². The summed E-state index contributed by atoms with van der Waals surface area (Å²) in [6.07, 6.45) is 3.35. The SMILES string of the molecule is CCCCOc1ccc(Nc2ncnc(Nc3ccc(C(C)C)cc3)c2[N+](=O)[O-])cc1. The van der Waals surface area contributed by atoms with Crippen molar-refractivity contribution in [3.8, 4) is 5.75 Å². The number of ether oxygens (including phenoxy) is 1. The molecule has 2 aromatic carbocycles. The fourth-order valence-electron chi connectivity index (χ4n) is 2.93. The molecule has 31 heavy (non-hydrogen) atoms. The molecule has 0 atom stereocenters. The van der Waals surface area contributed by atoms with Crippen molar-refractivity contribution in [3.63, 3.8) is 0 Å². The highest BCUT2D eigenvalue weighted by Gasteiger charge is 2.23. The molecule has 1 aromatic heterocycles. The largest absolute Gasteiger partial charge is 0.494 e. The van der Waals surface area contributed by atoms with E-state index in [1.807, 2.05) is 36.4 Å². The van der Waals surface area contributed by atoms with E-state index in [9.17, 15) is 10.1 Å². The average Bonchev–Trinajstić information content (AvgIpc) is 2.75. The number of anilines is 4. The maximum absolute atomic E-state index is 11.8. The van der Waals surface area contributed by atoms with Crippen molar-refractivity contribution in [1.29, 1.82) is 0 Å². The van der Waals surface area contributed by atoms with Gasteiger partial charge in [-0.25, -0.2) is 9.97 Å². The number of benzene rings is 2. The first-order valence-electron chi connectivity index (χ1n) is 10.3. The van der Waals surface area contributed by atoms with Gasteiger partial charge in [0.15, 0.2) is 0 Å². The number of nitrogens with zero attached hydrogens (tertiary/aromatic N) is 3. The molecule has 3 rings (SSSR count). The molecule has 0 radical (unpaired) electrons. The van der Waals surface area contributed by atoms with Crippen LogP contribution in [0.4, 0.5) is 28.7 Å². The molecule has 8 heteroatoms. The second-order valence-corrected chi connectivity index (χ2v) is 7.43. The maximum atomic E-state index is 11.8. The molecule has 0 amide bonds. The number of nitro groups is 1. The van der Waals surface area contributed by atoms with Gasteiger partial charge in [-0.1, -0.05) is 39.3 Å². The molecule has 3 aromatic rings. The number of nitrogens with one attached hydrogen (secondary N) is 2. The van der Waals surface area contributed by atoms with Gasteiger partial charge < -0.3 is 15.4 Å². The number of hydrogen-bond acceptors (Lipinski definition) is 7. The molecule has 0 bridgehead atoms. The van der Waals surface area contributed by atoms with Gasteiger partial charge in [-0.05, 0) is 54.3 Å². The second-order valence-electron chi connectivity index (χ2n) is 7.43. The summed E-state index contributed by atoms with van der Waals surface area (Å²) in [5.74, 6) is 1.39. The topological polar surface area (TPSA) is 102 Å². The first kappa shape index (κ1) is 22.0. The Morgan fingerprint density at radius 3 is 2.00 bits per heavy atom. The van der Waals surface area contributed by atoms with Gasteiger partial charge in [0.25, 0.3) is 0 Å². The van der Waals surface area contributed by atoms with Gasteiger partial charge >= 0.3 is 5.69 Å². The minimum absolute atomic E-state index is 0.112. The normalized spacial score (nSPS) is 10.7. The molecule has 0 fully saturated rings. The third-order valence-electron chi connectivity index (χ3n) is 4.73. The van der Waals surface area contributed by atoms with Crippen LogP contribution in [0.1, 0.15) is 45.1 Å². The lowest BCUT2D eigenvalue weighted by atomic mass is 10.0. The van der Waals surface area contributed by atoms with E-state index in [-0.39, 0.29) is 17.3 Å². The van der Waals surface area contributed by atoms with E-state index >= 15 is 0 Å². The molecule has 0 saturated carbocycles. The van der Waals surface area contributed by atoms with Crippen LogP contribution in [0, 0.1) is 10.1 Å². The van der Waals surface area contributed by atoms with Crippen LogP contribution in [0.15, 0.2) is 54.9 Å². The molecule has 0 aliphatic carbocycles. The fourth-order valence-corrected chi connectivity index (χ4v) is 2.93. The van der Waals surface area contributed by atoms with Gasteiger partial charge in [-0.15, -0.1) is 0 Å². The van der Waals surface area contributed by atoms with Crippen molar-refractivity contribution in [2.24, 2.45) is 0 Å². The van der Waals surface area contributed by atoms with Crippen molar-refractivity contribution in [1.82, 2.24) is 9.97 Å². The Labute approximate surface area is 181 Å². The summed E-state index contributed by atoms with van der Waals surface area (Å²) in [7, 11) is 0. The lowest BCUT2D eigenvalue weighted by Gasteiger charge is -2.12. The molecule has 0 unspecified atom stereocenters. The lowest BCUT2D eigenvalue weighted by Crippen LogP contribution is -2.05. The molecular weight excluding hydrogens is 394 g/mol. The summed E-state index contributed by atoms with van der Waals surface area (Å²) in [6.45, 7) is 6.99. The lowest BCUT2D eigenvalue weighted by molar-refractivity contribution is -0.383. The van der Waals surface area contributed by atoms with E-state index in [2.05, 4.69) is 41.4 Å². The Hall–Kier alpha value is -3.68. The van der Waals surface area contributed by atoms with Gasteiger partial charge in [0.05, 0.1) is 11.5 Å². The summed E-state index contributed by atoms with van der Waals surface area (Å²) in [6, 6.07) is 15.0. The summed E-state index contributed by atoms with van der Waals surface area (Å²) in [4.78, 5) is 19.5. The molecule has 2 N–H and O–H groups in total. The highest BCUT2D eigenvalue weighted by atomic mass is 16.6. The number of hydrogen-bond donors (Lipinski definition) is 2. The predicted octanol–water partition coefficient (Wildman–Crippen LogP) is 6.17. The van der Waals surface area contributed by atoms with Crippen LogP contribution in [0.2, 0.25) is 0 Å². The molecule has 0 aliphatic rings. The van der Waals surface area contributed by atoms with E-state index in [1.165, 1.54) is 11.9 Å². The Kier molecular flexibility index (Phi) is 7.37. The third kappa shape index (κ3) is 5.91. The van der Waals surface area contributed by atoms with Crippen LogP contribution >= 0.6 is 0 Å². The molecule has 1 heterocycles. The number of rotatable bonds is 10. The van der Waals surface area contributed by atoms with Crippen LogP contribution in [0.3, 0.4) is 0 Å². The Morgan fingerprint density at radius 1 is 0.968 bits per heavy atom. The quantitative estimate of drug-likeness (QED) is 0.229. The summed E-state index contributed by atoms with van der Waals surface area (Å²) >= 11 is 0. The molecule has 0 aliphatic heterocycles. The Bertz CT molecular complexity index is 1000. The standard InChI is InChI=1S/C23H27N5O3/c1-4-5-14-31-20-12-10-19(11-13-20)27-23-21(28(29)30)22(24-15-25-23)26-18-8-6-17(7-9-18)16(2)3/h6-13,15-16H,4-5,14H2,1-3H3,(H2,24,25,26,27). The van der Waals surface area contributed by atoms with Crippen LogP contribution in [0.25, 0.3) is 0 Å². The van der Waals surface area contributed by atoms with Gasteiger partial charge in [0, 0.05) is 11.4 Å². The van der Waals surface area contributed by atoms with Gasteiger partial charge in [-0.2, -0.15) is 0 Å². The molecule has 0 spiro atoms. The first-order valence-corrected chi connectivity index (χ1v) is 10.3. The van der Waals surface area contributed by atoms with Crippen molar-refractivity contribution in [3.05, 3.63) is 70.5 Å². The van der Waals surface area contributed by atoms with Crippen molar-refractivity contribution in [2.75, 3.05) is 17.2 Å². The average molecular weight is 422 g/mol. The highest BCUT2D eigenvalue weighted by Crippen LogP contribution is 2.33. The van der Waals surface area contributed by atoms with Crippen molar-refractivity contribution in [2.45, 2.75) is 39.5 Å². The monoisotopic (exact) mass is 421 g/mol. The zero-order chi connectivity index (χ0) is 22.2. The summed E-state index contributed by atoms with van der Waals surface area (Å²) in [5.41, 5.74) is 2.34. The Balaban J connectivity index is 1.79. The van der Waals surface area contributed by atoms with Crippen LogP contribution in [-0.2, 0) is 0 Å². The van der Waals surface area contributed by atoms with Crippen LogP contribution < -0.4 is 15.4 Å². The van der Waals surface area contributed by atoms with E-state index in [1.54, 1.807) is 12.1 Å². The second kappa shape index (κ2) is 10.4. The zero-order valence-electron chi connectivity index (χ0n) is 18.0. The highest BCUT2D eigenvalue weighted by molar-refractivity contribution is 5.76. The van der Waals surface area contributed by atoms with Crippen LogP contribution in [0.5, 0.6) is 5.75 Å².